The van der Waals surface area contributed by atoms with Crippen molar-refractivity contribution in [2.24, 2.45) is 0 Å². The molecule has 1 fully saturated rings. The number of nitrogen functional groups attached to an aromatic ring is 1. The summed E-state index contributed by atoms with van der Waals surface area (Å²) in [6, 6.07) is 6.21. The highest BCUT2D eigenvalue weighted by molar-refractivity contribution is 6.34. The van der Waals surface area contributed by atoms with Crippen molar-refractivity contribution in [1.82, 2.24) is 14.8 Å². The van der Waals surface area contributed by atoms with Gasteiger partial charge in [0.15, 0.2) is 0 Å². The van der Waals surface area contributed by atoms with Crippen LogP contribution in [0.1, 0.15) is 26.3 Å². The fraction of sp³-hybridized carbons (Fsp3) is 0.455. The number of carbonyl (C=O) groups excluding carboxylic acids is 1. The number of fused-ring (bicyclic) bond motifs is 2. The van der Waals surface area contributed by atoms with Crippen molar-refractivity contribution < 1.29 is 18.7 Å². The van der Waals surface area contributed by atoms with Crippen LogP contribution in [0.4, 0.5) is 15.0 Å². The van der Waals surface area contributed by atoms with E-state index in [-0.39, 0.29) is 34.2 Å². The Labute approximate surface area is 185 Å². The molecule has 0 unspecified atom stereocenters. The third kappa shape index (κ3) is 4.41. The van der Waals surface area contributed by atoms with Crippen molar-refractivity contribution in [3.63, 3.8) is 0 Å². The number of aromatic nitrogens is 1. The van der Waals surface area contributed by atoms with Crippen LogP contribution >= 0.6 is 11.6 Å². The van der Waals surface area contributed by atoms with Crippen LogP contribution in [-0.2, 0) is 11.3 Å². The summed E-state index contributed by atoms with van der Waals surface area (Å²) in [5, 5.41) is 0.234. The first-order chi connectivity index (χ1) is 14.6. The van der Waals surface area contributed by atoms with Crippen molar-refractivity contribution >= 4 is 23.5 Å². The molecule has 1 aromatic heterocycles. The Bertz CT molecular complexity index is 1010. The molecule has 2 aliphatic rings. The Balaban J connectivity index is 1.59. The summed E-state index contributed by atoms with van der Waals surface area (Å²) in [5.41, 5.74) is 6.90. The number of carbonyl (C=O) groups is 1. The minimum Gasteiger partial charge on any atom is -0.490 e. The normalized spacial score (nSPS) is 19.1. The zero-order valence-electron chi connectivity index (χ0n) is 17.8. The molecule has 1 aromatic carbocycles. The summed E-state index contributed by atoms with van der Waals surface area (Å²) < 4.78 is 25.9. The predicted octanol–water partition coefficient (Wildman–Crippen LogP) is 3.94. The molecule has 0 aliphatic carbocycles. The Kier molecular flexibility index (Phi) is 5.70. The number of hydrogen-bond acceptors (Lipinski definition) is 6. The van der Waals surface area contributed by atoms with Crippen LogP contribution < -0.4 is 10.5 Å². The van der Waals surface area contributed by atoms with Crippen LogP contribution in [0.5, 0.6) is 5.75 Å². The van der Waals surface area contributed by atoms with Crippen molar-refractivity contribution in [2.75, 3.05) is 32.0 Å². The molecule has 7 nitrogen and oxygen atoms in total. The van der Waals surface area contributed by atoms with E-state index in [0.29, 0.717) is 44.1 Å². The van der Waals surface area contributed by atoms with Gasteiger partial charge in [-0.1, -0.05) is 23.7 Å². The lowest BCUT2D eigenvalue weighted by atomic mass is 10.1. The molecule has 0 radical (unpaired) electrons. The van der Waals surface area contributed by atoms with Gasteiger partial charge in [-0.15, -0.1) is 0 Å². The standard InChI is InChI=1S/C22H26ClFN4O3/c1-22(2,3)31-21(29)28-9-8-27-11-15-19(30-12-13(27)10-28)17(23)18(26-20(15)25)14-6-4-5-7-16(14)24/h4-7,13H,8-12H2,1-3H3,(H2,25,26)/t13-/m1/s1. The fourth-order valence-electron chi connectivity index (χ4n) is 3.86. The molecule has 0 bridgehead atoms. The van der Waals surface area contributed by atoms with Gasteiger partial charge in [0.05, 0.1) is 17.3 Å². The third-order valence-corrected chi connectivity index (χ3v) is 5.74. The van der Waals surface area contributed by atoms with Crippen molar-refractivity contribution in [3.05, 3.63) is 40.7 Å². The number of ether oxygens (including phenoxy) is 2. The van der Waals surface area contributed by atoms with Crippen molar-refractivity contribution in [2.45, 2.75) is 39.0 Å². The maximum atomic E-state index is 14.3. The molecule has 2 aliphatic heterocycles. The molecule has 0 saturated carbocycles. The topological polar surface area (TPSA) is 80.9 Å². The Morgan fingerprint density at radius 3 is 2.77 bits per heavy atom. The summed E-state index contributed by atoms with van der Waals surface area (Å²) >= 11 is 6.61. The molecule has 4 rings (SSSR count). The van der Waals surface area contributed by atoms with Gasteiger partial charge in [-0.3, -0.25) is 4.90 Å². The minimum absolute atomic E-state index is 0.0546. The highest BCUT2D eigenvalue weighted by Crippen LogP contribution is 2.42. The average molecular weight is 449 g/mol. The summed E-state index contributed by atoms with van der Waals surface area (Å²) in [6.45, 7) is 7.97. The van der Waals surface area contributed by atoms with Gasteiger partial charge in [-0.25, -0.2) is 14.2 Å². The number of halogens is 2. The lowest BCUT2D eigenvalue weighted by Crippen LogP contribution is -2.56. The predicted molar refractivity (Wildman–Crippen MR) is 117 cm³/mol. The van der Waals surface area contributed by atoms with E-state index in [1.54, 1.807) is 23.1 Å². The lowest BCUT2D eigenvalue weighted by molar-refractivity contribution is -0.00153. The second-order valence-electron chi connectivity index (χ2n) is 8.81. The van der Waals surface area contributed by atoms with E-state index in [2.05, 4.69) is 9.88 Å². The van der Waals surface area contributed by atoms with Crippen LogP contribution in [-0.4, -0.2) is 58.8 Å². The largest absolute Gasteiger partial charge is 0.490 e. The molecular formula is C22H26ClFN4O3. The van der Waals surface area contributed by atoms with Crippen LogP contribution in [0.3, 0.4) is 0 Å². The molecular weight excluding hydrogens is 423 g/mol. The number of rotatable bonds is 1. The van der Waals surface area contributed by atoms with E-state index < -0.39 is 11.4 Å². The summed E-state index contributed by atoms with van der Waals surface area (Å²) in [6.07, 6.45) is -0.338. The number of amides is 1. The van der Waals surface area contributed by atoms with E-state index in [1.807, 2.05) is 20.8 Å². The summed E-state index contributed by atoms with van der Waals surface area (Å²) in [4.78, 5) is 20.8. The molecule has 2 N–H and O–H groups in total. The number of benzene rings is 1. The lowest BCUT2D eigenvalue weighted by Gasteiger charge is -2.40. The van der Waals surface area contributed by atoms with E-state index >= 15 is 0 Å². The molecule has 1 atom stereocenters. The van der Waals surface area contributed by atoms with E-state index in [9.17, 15) is 9.18 Å². The molecule has 31 heavy (non-hydrogen) atoms. The Morgan fingerprint density at radius 1 is 1.32 bits per heavy atom. The fourth-order valence-corrected chi connectivity index (χ4v) is 4.18. The molecule has 1 saturated heterocycles. The Morgan fingerprint density at radius 2 is 2.06 bits per heavy atom. The quantitative estimate of drug-likeness (QED) is 0.711. The zero-order chi connectivity index (χ0) is 22.3. The van der Waals surface area contributed by atoms with Crippen LogP contribution in [0.2, 0.25) is 5.02 Å². The smallest absolute Gasteiger partial charge is 0.410 e. The van der Waals surface area contributed by atoms with Gasteiger partial charge in [0, 0.05) is 31.7 Å². The van der Waals surface area contributed by atoms with Crippen LogP contribution in [0, 0.1) is 5.82 Å². The first kappa shape index (κ1) is 21.6. The maximum absolute atomic E-state index is 14.3. The van der Waals surface area contributed by atoms with Gasteiger partial charge < -0.3 is 20.1 Å². The van der Waals surface area contributed by atoms with Gasteiger partial charge in [-0.2, -0.15) is 0 Å². The van der Waals surface area contributed by atoms with Gasteiger partial charge in [0.2, 0.25) is 0 Å². The molecule has 166 valence electrons. The number of anilines is 1. The van der Waals surface area contributed by atoms with Gasteiger partial charge in [0.25, 0.3) is 0 Å². The molecule has 9 heteroatoms. The monoisotopic (exact) mass is 448 g/mol. The van der Waals surface area contributed by atoms with Crippen molar-refractivity contribution in [1.29, 1.82) is 0 Å². The number of pyridine rings is 1. The first-order valence-corrected chi connectivity index (χ1v) is 10.6. The molecule has 3 heterocycles. The Hall–Kier alpha value is -2.58. The van der Waals surface area contributed by atoms with Crippen LogP contribution in [0.25, 0.3) is 11.3 Å². The summed E-state index contributed by atoms with van der Waals surface area (Å²) in [5.74, 6) is 0.244. The third-order valence-electron chi connectivity index (χ3n) is 5.39. The minimum atomic E-state index is -0.554. The molecule has 0 spiro atoms. The molecule has 1 amide bonds. The van der Waals surface area contributed by atoms with Gasteiger partial charge in [0.1, 0.15) is 34.6 Å². The SMILES string of the molecule is CC(C)(C)OC(=O)N1CCN2Cc3c(N)nc(-c4ccccc4F)c(Cl)c3OC[C@H]2C1. The highest BCUT2D eigenvalue weighted by atomic mass is 35.5. The molecule has 2 aromatic rings. The number of piperazine rings is 1. The van der Waals surface area contributed by atoms with Gasteiger partial charge >= 0.3 is 6.09 Å². The van der Waals surface area contributed by atoms with Crippen LogP contribution in [0.15, 0.2) is 24.3 Å². The van der Waals surface area contributed by atoms with E-state index in [1.165, 1.54) is 6.07 Å². The number of nitrogens with zero attached hydrogens (tertiary/aromatic N) is 3. The average Bonchev–Trinajstić information content (AvgIpc) is 2.90. The summed E-state index contributed by atoms with van der Waals surface area (Å²) in [7, 11) is 0. The van der Waals surface area contributed by atoms with E-state index in [4.69, 9.17) is 26.8 Å². The first-order valence-electron chi connectivity index (χ1n) is 10.2. The maximum Gasteiger partial charge on any atom is 0.410 e. The van der Waals surface area contributed by atoms with E-state index in [0.717, 1.165) is 0 Å². The van der Waals surface area contributed by atoms with Crippen molar-refractivity contribution in [3.8, 4) is 17.0 Å². The second kappa shape index (κ2) is 8.16. The van der Waals surface area contributed by atoms with Gasteiger partial charge in [-0.05, 0) is 32.9 Å². The number of nitrogens with two attached hydrogens (primary N) is 1. The second-order valence-corrected chi connectivity index (χ2v) is 9.19. The zero-order valence-corrected chi connectivity index (χ0v) is 18.6. The highest BCUT2D eigenvalue weighted by Gasteiger charge is 2.36. The number of hydrogen-bond donors (Lipinski definition) is 1.